The highest BCUT2D eigenvalue weighted by molar-refractivity contribution is 5.85. The van der Waals surface area contributed by atoms with E-state index in [9.17, 15) is 9.59 Å². The van der Waals surface area contributed by atoms with E-state index in [0.717, 1.165) is 0 Å². The van der Waals surface area contributed by atoms with Crippen molar-refractivity contribution in [3.05, 3.63) is 0 Å². The summed E-state index contributed by atoms with van der Waals surface area (Å²) >= 11 is 0. The molecule has 1 aliphatic rings. The summed E-state index contributed by atoms with van der Waals surface area (Å²) in [5.74, 6) is -1.29. The van der Waals surface area contributed by atoms with Crippen LogP contribution < -0.4 is 0 Å². The molecule has 1 N–H and O–H groups in total. The van der Waals surface area contributed by atoms with Gasteiger partial charge in [-0.25, -0.2) is 4.79 Å². The predicted molar refractivity (Wildman–Crippen MR) is 55.0 cm³/mol. The Hall–Kier alpha value is -1.14. The molecule has 1 aliphatic heterocycles. The minimum absolute atomic E-state index is 0.0727. The zero-order chi connectivity index (χ0) is 12.1. The molecule has 0 radical (unpaired) electrons. The van der Waals surface area contributed by atoms with E-state index in [1.807, 2.05) is 0 Å². The first kappa shape index (κ1) is 12.9. The van der Waals surface area contributed by atoms with Gasteiger partial charge in [-0.15, -0.1) is 0 Å². The van der Waals surface area contributed by atoms with E-state index in [1.54, 1.807) is 6.92 Å². The van der Waals surface area contributed by atoms with Gasteiger partial charge in [0.2, 0.25) is 5.91 Å². The molecule has 0 aromatic rings. The lowest BCUT2D eigenvalue weighted by Crippen LogP contribution is -2.42. The van der Waals surface area contributed by atoms with Crippen LogP contribution in [0.15, 0.2) is 0 Å². The Morgan fingerprint density at radius 1 is 1.50 bits per heavy atom. The number of nitrogens with zero attached hydrogens (tertiary/aromatic N) is 1. The second kappa shape index (κ2) is 5.81. The monoisotopic (exact) mass is 231 g/mol. The molecule has 92 valence electrons. The number of hydrogen-bond donors (Lipinski definition) is 1. The molecule has 0 aromatic heterocycles. The molecular weight excluding hydrogens is 214 g/mol. The maximum absolute atomic E-state index is 11.7. The smallest absolute Gasteiger partial charge is 0.326 e. The molecule has 16 heavy (non-hydrogen) atoms. The molecule has 0 spiro atoms. The van der Waals surface area contributed by atoms with Crippen LogP contribution in [0.4, 0.5) is 0 Å². The molecule has 0 saturated carbocycles. The van der Waals surface area contributed by atoms with Crippen molar-refractivity contribution in [3.63, 3.8) is 0 Å². The normalized spacial score (nSPS) is 24.8. The molecule has 1 fully saturated rings. The predicted octanol–water partition coefficient (Wildman–Crippen LogP) is -0.277. The molecule has 1 rings (SSSR count). The Bertz CT molecular complexity index is 268. The Morgan fingerprint density at radius 2 is 2.19 bits per heavy atom. The van der Waals surface area contributed by atoms with Gasteiger partial charge in [-0.1, -0.05) is 0 Å². The fraction of sp³-hybridized carbons (Fsp3) is 0.800. The van der Waals surface area contributed by atoms with E-state index in [-0.39, 0.29) is 18.6 Å². The third-order valence-corrected chi connectivity index (χ3v) is 2.63. The largest absolute Gasteiger partial charge is 0.480 e. The second-order valence-electron chi connectivity index (χ2n) is 3.63. The molecule has 6 heteroatoms. The highest BCUT2D eigenvalue weighted by Crippen LogP contribution is 2.20. The number of carboxylic acids is 1. The highest BCUT2D eigenvalue weighted by Gasteiger charge is 2.39. The van der Waals surface area contributed by atoms with Crippen molar-refractivity contribution in [1.29, 1.82) is 0 Å². The summed E-state index contributed by atoms with van der Waals surface area (Å²) in [7, 11) is 1.51. The Labute approximate surface area is 94.1 Å². The van der Waals surface area contributed by atoms with Crippen LogP contribution >= 0.6 is 0 Å². The first-order chi connectivity index (χ1) is 7.60. The molecule has 1 heterocycles. The number of likely N-dealkylation sites (tertiary alicyclic amines) is 1. The fourth-order valence-electron chi connectivity index (χ4n) is 1.75. The van der Waals surface area contributed by atoms with Crippen LogP contribution in [0.2, 0.25) is 0 Å². The minimum Gasteiger partial charge on any atom is -0.480 e. The lowest BCUT2D eigenvalue weighted by Gasteiger charge is -2.20. The van der Waals surface area contributed by atoms with Crippen molar-refractivity contribution >= 4 is 11.9 Å². The van der Waals surface area contributed by atoms with E-state index >= 15 is 0 Å². The Kier molecular flexibility index (Phi) is 4.70. The quantitative estimate of drug-likeness (QED) is 0.704. The van der Waals surface area contributed by atoms with Crippen molar-refractivity contribution in [1.82, 2.24) is 4.90 Å². The average Bonchev–Trinajstić information content (AvgIpc) is 2.70. The first-order valence-electron chi connectivity index (χ1n) is 5.23. The Balaban J connectivity index is 2.61. The zero-order valence-corrected chi connectivity index (χ0v) is 9.51. The summed E-state index contributed by atoms with van der Waals surface area (Å²) in [6, 6.07) is -0.794. The van der Waals surface area contributed by atoms with E-state index in [4.69, 9.17) is 14.6 Å². The zero-order valence-electron chi connectivity index (χ0n) is 9.51. The van der Waals surface area contributed by atoms with Crippen LogP contribution in [0.3, 0.4) is 0 Å². The van der Waals surface area contributed by atoms with Crippen LogP contribution in [0.25, 0.3) is 0 Å². The summed E-state index contributed by atoms with van der Waals surface area (Å²) in [5.41, 5.74) is 0. The van der Waals surface area contributed by atoms with E-state index < -0.39 is 12.0 Å². The minimum atomic E-state index is -0.996. The van der Waals surface area contributed by atoms with E-state index in [0.29, 0.717) is 19.6 Å². The van der Waals surface area contributed by atoms with Gasteiger partial charge in [0, 0.05) is 26.7 Å². The van der Waals surface area contributed by atoms with Crippen molar-refractivity contribution in [2.75, 3.05) is 26.9 Å². The molecule has 1 saturated heterocycles. The summed E-state index contributed by atoms with van der Waals surface area (Å²) in [5, 5.41) is 8.98. The molecule has 2 unspecified atom stereocenters. The molecule has 2 atom stereocenters. The number of hydrogen-bond acceptors (Lipinski definition) is 4. The van der Waals surface area contributed by atoms with Crippen LogP contribution in [-0.2, 0) is 19.1 Å². The van der Waals surface area contributed by atoms with Crippen molar-refractivity contribution in [2.45, 2.75) is 25.5 Å². The van der Waals surface area contributed by atoms with Gasteiger partial charge in [0.15, 0.2) is 0 Å². The summed E-state index contributed by atoms with van der Waals surface area (Å²) in [4.78, 5) is 23.9. The molecule has 6 nitrogen and oxygen atoms in total. The SMILES string of the molecule is CCOCC(=O)N1CC(OC)CC1C(=O)O. The van der Waals surface area contributed by atoms with Gasteiger partial charge < -0.3 is 19.5 Å². The molecular formula is C10H17NO5. The topological polar surface area (TPSA) is 76.1 Å². The van der Waals surface area contributed by atoms with Crippen molar-refractivity contribution in [2.24, 2.45) is 0 Å². The van der Waals surface area contributed by atoms with Gasteiger partial charge in [-0.05, 0) is 6.92 Å². The maximum atomic E-state index is 11.7. The number of carboxylic acid groups (broad SMARTS) is 1. The van der Waals surface area contributed by atoms with Crippen molar-refractivity contribution in [3.8, 4) is 0 Å². The average molecular weight is 231 g/mol. The van der Waals surface area contributed by atoms with Crippen LogP contribution in [0.1, 0.15) is 13.3 Å². The molecule has 1 amide bonds. The number of carbonyl (C=O) groups is 2. The third-order valence-electron chi connectivity index (χ3n) is 2.63. The number of rotatable bonds is 5. The standard InChI is InChI=1S/C10H17NO5/c1-3-16-6-9(12)11-5-7(15-2)4-8(11)10(13)14/h7-8H,3-6H2,1-2H3,(H,13,14). The molecule has 0 aliphatic carbocycles. The van der Waals surface area contributed by atoms with Gasteiger partial charge >= 0.3 is 5.97 Å². The first-order valence-corrected chi connectivity index (χ1v) is 5.23. The van der Waals surface area contributed by atoms with Gasteiger partial charge in [0.1, 0.15) is 12.6 Å². The lowest BCUT2D eigenvalue weighted by atomic mass is 10.2. The summed E-state index contributed by atoms with van der Waals surface area (Å²) in [6.45, 7) is 2.46. The fourth-order valence-corrected chi connectivity index (χ4v) is 1.75. The van der Waals surface area contributed by atoms with Crippen molar-refractivity contribution < 1.29 is 24.2 Å². The summed E-state index contributed by atoms with van der Waals surface area (Å²) in [6.07, 6.45) is 0.135. The van der Waals surface area contributed by atoms with E-state index in [1.165, 1.54) is 12.0 Å². The maximum Gasteiger partial charge on any atom is 0.326 e. The Morgan fingerprint density at radius 3 is 2.69 bits per heavy atom. The number of ether oxygens (including phenoxy) is 2. The van der Waals surface area contributed by atoms with Gasteiger partial charge in [0.05, 0.1) is 6.10 Å². The number of carbonyl (C=O) groups excluding carboxylic acids is 1. The number of aliphatic carboxylic acids is 1. The van der Waals surface area contributed by atoms with E-state index in [2.05, 4.69) is 0 Å². The molecule has 0 aromatic carbocycles. The second-order valence-corrected chi connectivity index (χ2v) is 3.63. The van der Waals surface area contributed by atoms with Crippen LogP contribution in [-0.4, -0.2) is 60.9 Å². The third kappa shape index (κ3) is 2.93. The number of amides is 1. The van der Waals surface area contributed by atoms with Gasteiger partial charge in [-0.3, -0.25) is 4.79 Å². The van der Waals surface area contributed by atoms with Crippen LogP contribution in [0.5, 0.6) is 0 Å². The lowest BCUT2D eigenvalue weighted by molar-refractivity contribution is -0.150. The molecule has 0 bridgehead atoms. The van der Waals surface area contributed by atoms with Gasteiger partial charge in [0.25, 0.3) is 0 Å². The highest BCUT2D eigenvalue weighted by atomic mass is 16.5. The van der Waals surface area contributed by atoms with Crippen LogP contribution in [0, 0.1) is 0 Å². The number of methoxy groups -OCH3 is 1. The summed E-state index contributed by atoms with van der Waals surface area (Å²) < 4.78 is 10.1. The van der Waals surface area contributed by atoms with Gasteiger partial charge in [-0.2, -0.15) is 0 Å².